The summed E-state index contributed by atoms with van der Waals surface area (Å²) in [5, 5.41) is 4.19. The Labute approximate surface area is 238 Å². The molecule has 0 saturated carbocycles. The minimum absolute atomic E-state index is 0.116. The smallest absolute Gasteiger partial charge is 0.328 e. The van der Waals surface area contributed by atoms with E-state index in [1.54, 1.807) is 65.9 Å². The molecule has 0 amide bonds. The van der Waals surface area contributed by atoms with Gasteiger partial charge in [-0.15, -0.1) is 0 Å². The third-order valence-corrected chi connectivity index (χ3v) is 8.06. The molecule has 1 saturated heterocycles. The van der Waals surface area contributed by atoms with E-state index in [0.29, 0.717) is 65.7 Å². The summed E-state index contributed by atoms with van der Waals surface area (Å²) in [6, 6.07) is 7.13. The number of morpholine rings is 1. The number of imidazole rings is 3. The summed E-state index contributed by atoms with van der Waals surface area (Å²) < 4.78 is 43.4. The van der Waals surface area contributed by atoms with E-state index < -0.39 is 6.43 Å². The van der Waals surface area contributed by atoms with Crippen LogP contribution in [-0.2, 0) is 32.9 Å². The molecule has 5 heterocycles. The number of anilines is 1. The third-order valence-electron chi connectivity index (χ3n) is 8.06. The lowest BCUT2D eigenvalue weighted by Crippen LogP contribution is -2.36. The molecule has 0 spiro atoms. The minimum Gasteiger partial charge on any atom is -0.378 e. The fraction of sp³-hybridized carbons (Fsp3) is 0.310. The molecule has 6 aromatic rings. The van der Waals surface area contributed by atoms with Crippen LogP contribution in [0.4, 0.5) is 14.5 Å². The summed E-state index contributed by atoms with van der Waals surface area (Å²) >= 11 is 0. The standard InChI is InChI=1S/C29H29F2N9O2/c1-35-16-32-14-25(35)28-34-21-11-19(17-13-33-36(2)15-17)20(27(30)31)12-22(21)40(28)18-9-23-26(38(4)29(41)37(23)3)24(10-18)39-5-7-42-8-6-39/h9-16,27H,5-8H2,1-4H3. The van der Waals surface area contributed by atoms with Gasteiger partial charge in [0.05, 0.1) is 65.4 Å². The largest absolute Gasteiger partial charge is 0.378 e. The van der Waals surface area contributed by atoms with Crippen molar-refractivity contribution in [3.8, 4) is 28.3 Å². The number of hydrogen-bond donors (Lipinski definition) is 0. The number of benzene rings is 2. The predicted molar refractivity (Wildman–Crippen MR) is 155 cm³/mol. The van der Waals surface area contributed by atoms with E-state index in [1.165, 1.54) is 6.07 Å². The highest BCUT2D eigenvalue weighted by Crippen LogP contribution is 2.39. The lowest BCUT2D eigenvalue weighted by Gasteiger charge is -2.30. The maximum atomic E-state index is 14.6. The highest BCUT2D eigenvalue weighted by atomic mass is 19.3. The first-order valence-corrected chi connectivity index (χ1v) is 13.6. The second-order valence-electron chi connectivity index (χ2n) is 10.6. The van der Waals surface area contributed by atoms with Gasteiger partial charge in [0, 0.05) is 58.6 Å². The topological polar surface area (TPSA) is 92.9 Å². The van der Waals surface area contributed by atoms with E-state index in [4.69, 9.17) is 9.72 Å². The molecule has 0 atom stereocenters. The molecule has 0 N–H and O–H groups in total. The first-order valence-electron chi connectivity index (χ1n) is 13.6. The van der Waals surface area contributed by atoms with Gasteiger partial charge in [0.1, 0.15) is 5.69 Å². The van der Waals surface area contributed by atoms with E-state index in [-0.39, 0.29) is 11.3 Å². The molecule has 2 aromatic carbocycles. The Morgan fingerprint density at radius 3 is 2.40 bits per heavy atom. The van der Waals surface area contributed by atoms with Crippen LogP contribution in [0.5, 0.6) is 0 Å². The fourth-order valence-electron chi connectivity index (χ4n) is 5.92. The normalized spacial score (nSPS) is 14.2. The Bertz CT molecular complexity index is 2040. The monoisotopic (exact) mass is 573 g/mol. The number of alkyl halides is 2. The second kappa shape index (κ2) is 9.65. The molecule has 1 aliphatic rings. The lowest BCUT2D eigenvalue weighted by atomic mass is 10.0. The van der Waals surface area contributed by atoms with Crippen LogP contribution in [-0.4, -0.2) is 64.3 Å². The van der Waals surface area contributed by atoms with Gasteiger partial charge in [0.2, 0.25) is 0 Å². The van der Waals surface area contributed by atoms with Crippen LogP contribution in [0.25, 0.3) is 50.4 Å². The summed E-state index contributed by atoms with van der Waals surface area (Å²) in [7, 11) is 7.11. The predicted octanol–water partition coefficient (Wildman–Crippen LogP) is 3.79. The summed E-state index contributed by atoms with van der Waals surface area (Å²) in [5.74, 6) is 0.543. The molecule has 11 nitrogen and oxygen atoms in total. The lowest BCUT2D eigenvalue weighted by molar-refractivity contribution is 0.123. The van der Waals surface area contributed by atoms with Crippen molar-refractivity contribution in [3.05, 3.63) is 65.2 Å². The first-order chi connectivity index (χ1) is 20.2. The number of aromatic nitrogens is 8. The van der Waals surface area contributed by atoms with Crippen LogP contribution >= 0.6 is 0 Å². The Kier molecular flexibility index (Phi) is 6.01. The van der Waals surface area contributed by atoms with Crippen molar-refractivity contribution >= 4 is 27.8 Å². The van der Waals surface area contributed by atoms with E-state index >= 15 is 0 Å². The van der Waals surface area contributed by atoms with Crippen LogP contribution in [0.3, 0.4) is 0 Å². The van der Waals surface area contributed by atoms with E-state index in [1.807, 2.05) is 28.3 Å². The van der Waals surface area contributed by atoms with Gasteiger partial charge in [-0.05, 0) is 29.8 Å². The molecule has 0 bridgehead atoms. The highest BCUT2D eigenvalue weighted by molar-refractivity contribution is 5.94. The van der Waals surface area contributed by atoms with Crippen molar-refractivity contribution in [1.29, 1.82) is 0 Å². The number of rotatable bonds is 5. The average molecular weight is 574 g/mol. The zero-order chi connectivity index (χ0) is 29.3. The zero-order valence-electron chi connectivity index (χ0n) is 23.6. The van der Waals surface area contributed by atoms with Gasteiger partial charge in [-0.2, -0.15) is 5.10 Å². The fourth-order valence-corrected chi connectivity index (χ4v) is 5.92. The summed E-state index contributed by atoms with van der Waals surface area (Å²) in [6.07, 6.45) is 3.94. The molecule has 4 aromatic heterocycles. The SMILES string of the molecule is Cn1cc(-c2cc3nc(-c4cncn4C)n(-c4cc(N5CCOCC5)c5c(c4)n(C)c(=O)n5C)c3cc2C(F)F)cn1. The van der Waals surface area contributed by atoms with Gasteiger partial charge in [0.25, 0.3) is 6.43 Å². The number of aryl methyl sites for hydroxylation is 4. The molecule has 7 rings (SSSR count). The number of halogens is 2. The number of ether oxygens (including phenoxy) is 1. The Balaban J connectivity index is 1.57. The van der Waals surface area contributed by atoms with Crippen LogP contribution in [0.1, 0.15) is 12.0 Å². The maximum Gasteiger partial charge on any atom is 0.328 e. The first kappa shape index (κ1) is 26.1. The van der Waals surface area contributed by atoms with Crippen LogP contribution in [0, 0.1) is 0 Å². The summed E-state index contributed by atoms with van der Waals surface area (Å²) in [4.78, 5) is 24.6. The number of nitrogens with zero attached hydrogens (tertiary/aromatic N) is 9. The molecule has 0 radical (unpaired) electrons. The van der Waals surface area contributed by atoms with Crippen LogP contribution < -0.4 is 10.6 Å². The molecular weight excluding hydrogens is 544 g/mol. The molecule has 42 heavy (non-hydrogen) atoms. The molecule has 216 valence electrons. The van der Waals surface area contributed by atoms with Gasteiger partial charge in [-0.3, -0.25) is 18.4 Å². The van der Waals surface area contributed by atoms with Gasteiger partial charge in [-0.25, -0.2) is 23.5 Å². The van der Waals surface area contributed by atoms with Gasteiger partial charge in [-0.1, -0.05) is 0 Å². The number of hydrogen-bond acceptors (Lipinski definition) is 6. The van der Waals surface area contributed by atoms with Crippen molar-refractivity contribution in [1.82, 2.24) is 38.0 Å². The molecule has 0 unspecified atom stereocenters. The van der Waals surface area contributed by atoms with Crippen LogP contribution in [0.2, 0.25) is 0 Å². The van der Waals surface area contributed by atoms with E-state index in [9.17, 15) is 13.6 Å². The van der Waals surface area contributed by atoms with Gasteiger partial charge in [0.15, 0.2) is 5.82 Å². The van der Waals surface area contributed by atoms with Crippen molar-refractivity contribution in [2.75, 3.05) is 31.2 Å². The summed E-state index contributed by atoms with van der Waals surface area (Å²) in [6.45, 7) is 2.45. The number of fused-ring (bicyclic) bond motifs is 2. The average Bonchev–Trinajstić information content (AvgIpc) is 3.75. The zero-order valence-corrected chi connectivity index (χ0v) is 23.6. The van der Waals surface area contributed by atoms with Crippen molar-refractivity contribution < 1.29 is 13.5 Å². The van der Waals surface area contributed by atoms with E-state index in [0.717, 1.165) is 16.7 Å². The Morgan fingerprint density at radius 1 is 0.952 bits per heavy atom. The molecule has 13 heteroatoms. The van der Waals surface area contributed by atoms with E-state index in [2.05, 4.69) is 15.0 Å². The minimum atomic E-state index is -2.73. The Hall–Kier alpha value is -4.78. The Morgan fingerprint density at radius 2 is 1.74 bits per heavy atom. The third kappa shape index (κ3) is 3.95. The van der Waals surface area contributed by atoms with Gasteiger partial charge < -0.3 is 14.2 Å². The van der Waals surface area contributed by atoms with Crippen LogP contribution in [0.15, 0.2) is 54.0 Å². The van der Waals surface area contributed by atoms with Crippen molar-refractivity contribution in [2.24, 2.45) is 28.2 Å². The van der Waals surface area contributed by atoms with Crippen molar-refractivity contribution in [2.45, 2.75) is 6.43 Å². The molecule has 1 fully saturated rings. The molecule has 1 aliphatic heterocycles. The highest BCUT2D eigenvalue weighted by Gasteiger charge is 2.26. The van der Waals surface area contributed by atoms with Crippen molar-refractivity contribution in [3.63, 3.8) is 0 Å². The quantitative estimate of drug-likeness (QED) is 0.312. The molecular formula is C29H29F2N9O2. The second-order valence-corrected chi connectivity index (χ2v) is 10.6. The summed E-state index contributed by atoms with van der Waals surface area (Å²) in [5.41, 5.74) is 5.54. The van der Waals surface area contributed by atoms with Gasteiger partial charge >= 0.3 is 5.69 Å². The maximum absolute atomic E-state index is 14.6. The molecule has 0 aliphatic carbocycles.